The summed E-state index contributed by atoms with van der Waals surface area (Å²) in [6.07, 6.45) is 4.80. The Morgan fingerprint density at radius 1 is 1.50 bits per heavy atom. The number of H-pyrrole nitrogens is 1. The maximum atomic E-state index is 10.8. The summed E-state index contributed by atoms with van der Waals surface area (Å²) in [7, 11) is 0. The number of aromatic nitrogens is 4. The maximum absolute atomic E-state index is 10.8. The molecule has 0 bridgehead atoms. The second-order valence-corrected chi connectivity index (χ2v) is 4.81. The van der Waals surface area contributed by atoms with Crippen molar-refractivity contribution in [3.8, 4) is 0 Å². The van der Waals surface area contributed by atoms with Gasteiger partial charge in [-0.15, -0.1) is 0 Å². The van der Waals surface area contributed by atoms with Gasteiger partial charge in [-0.25, -0.2) is 9.97 Å². The van der Waals surface area contributed by atoms with Crippen molar-refractivity contribution in [1.82, 2.24) is 20.2 Å². The average molecular weight is 274 g/mol. The normalized spacial score (nSPS) is 18.4. The van der Waals surface area contributed by atoms with Crippen LogP contribution < -0.4 is 4.90 Å². The SMILES string of the molecule is Cc1cc(N2CCC[C@H]2c2ncn[nH]2)ncc1[N+](=O)[O-]. The first-order valence-electron chi connectivity index (χ1n) is 6.40. The predicted octanol–water partition coefficient (Wildman–Crippen LogP) is 1.76. The fourth-order valence-corrected chi connectivity index (χ4v) is 2.58. The molecule has 2 aromatic rings. The van der Waals surface area contributed by atoms with Gasteiger partial charge in [0.1, 0.15) is 24.2 Å². The van der Waals surface area contributed by atoms with Crippen molar-refractivity contribution in [2.24, 2.45) is 0 Å². The van der Waals surface area contributed by atoms with Crippen molar-refractivity contribution in [2.45, 2.75) is 25.8 Å². The Bertz CT molecular complexity index is 627. The highest BCUT2D eigenvalue weighted by molar-refractivity contribution is 5.50. The summed E-state index contributed by atoms with van der Waals surface area (Å²) in [6.45, 7) is 2.58. The third-order valence-corrected chi connectivity index (χ3v) is 3.56. The number of nitrogens with zero attached hydrogens (tertiary/aromatic N) is 5. The Morgan fingerprint density at radius 2 is 2.35 bits per heavy atom. The van der Waals surface area contributed by atoms with Gasteiger partial charge < -0.3 is 4.90 Å². The molecule has 20 heavy (non-hydrogen) atoms. The van der Waals surface area contributed by atoms with Gasteiger partial charge in [-0.1, -0.05) is 0 Å². The van der Waals surface area contributed by atoms with Gasteiger partial charge in [0.15, 0.2) is 0 Å². The lowest BCUT2D eigenvalue weighted by Gasteiger charge is -2.24. The van der Waals surface area contributed by atoms with Crippen LogP contribution in [0.4, 0.5) is 11.5 Å². The molecule has 0 spiro atoms. The zero-order valence-corrected chi connectivity index (χ0v) is 11.0. The van der Waals surface area contributed by atoms with Crippen LogP contribution in [0.1, 0.15) is 30.3 Å². The maximum Gasteiger partial charge on any atom is 0.290 e. The minimum absolute atomic E-state index is 0.0455. The molecule has 1 aliphatic heterocycles. The predicted molar refractivity (Wildman–Crippen MR) is 71.3 cm³/mol. The van der Waals surface area contributed by atoms with E-state index in [0.717, 1.165) is 31.0 Å². The first-order valence-corrected chi connectivity index (χ1v) is 6.40. The minimum atomic E-state index is -0.413. The molecule has 0 saturated carbocycles. The standard InChI is InChI=1S/C12H14N6O2/c1-8-5-11(13-6-10(8)18(19)20)17-4-2-3-9(17)12-14-7-15-16-12/h5-7,9H,2-4H2,1H3,(H,14,15,16)/t9-/m0/s1. The van der Waals surface area contributed by atoms with Crippen LogP contribution in [-0.4, -0.2) is 31.6 Å². The number of anilines is 1. The van der Waals surface area contributed by atoms with Gasteiger partial charge in [-0.3, -0.25) is 15.2 Å². The van der Waals surface area contributed by atoms with E-state index < -0.39 is 4.92 Å². The third-order valence-electron chi connectivity index (χ3n) is 3.56. The summed E-state index contributed by atoms with van der Waals surface area (Å²) in [6, 6.07) is 1.86. The number of aryl methyl sites for hydroxylation is 1. The molecular weight excluding hydrogens is 260 g/mol. The molecule has 3 rings (SSSR count). The highest BCUT2D eigenvalue weighted by Crippen LogP contribution is 2.34. The van der Waals surface area contributed by atoms with E-state index in [4.69, 9.17) is 0 Å². The molecule has 8 heteroatoms. The molecule has 1 N–H and O–H groups in total. The number of rotatable bonds is 3. The van der Waals surface area contributed by atoms with Gasteiger partial charge >= 0.3 is 0 Å². The fraction of sp³-hybridized carbons (Fsp3) is 0.417. The van der Waals surface area contributed by atoms with Gasteiger partial charge in [0.25, 0.3) is 5.69 Å². The summed E-state index contributed by atoms with van der Waals surface area (Å²) < 4.78 is 0. The van der Waals surface area contributed by atoms with Crippen LogP contribution in [0.25, 0.3) is 0 Å². The average Bonchev–Trinajstić information content (AvgIpc) is 3.09. The van der Waals surface area contributed by atoms with E-state index in [1.54, 1.807) is 13.0 Å². The minimum Gasteiger partial charge on any atom is -0.346 e. The first-order chi connectivity index (χ1) is 9.66. The van der Waals surface area contributed by atoms with Crippen molar-refractivity contribution in [3.05, 3.63) is 40.1 Å². The zero-order valence-electron chi connectivity index (χ0n) is 11.0. The van der Waals surface area contributed by atoms with E-state index >= 15 is 0 Å². The van der Waals surface area contributed by atoms with E-state index in [1.807, 2.05) is 0 Å². The lowest BCUT2D eigenvalue weighted by Crippen LogP contribution is -2.24. The molecule has 0 radical (unpaired) electrons. The molecule has 1 fully saturated rings. The Kier molecular flexibility index (Phi) is 3.05. The number of nitro groups is 1. The van der Waals surface area contributed by atoms with Crippen molar-refractivity contribution < 1.29 is 4.92 Å². The van der Waals surface area contributed by atoms with Crippen LogP contribution in [0.2, 0.25) is 0 Å². The third kappa shape index (κ3) is 2.09. The van der Waals surface area contributed by atoms with E-state index in [2.05, 4.69) is 25.1 Å². The Morgan fingerprint density at radius 3 is 3.00 bits per heavy atom. The van der Waals surface area contributed by atoms with E-state index in [-0.39, 0.29) is 11.7 Å². The largest absolute Gasteiger partial charge is 0.346 e. The van der Waals surface area contributed by atoms with E-state index in [9.17, 15) is 10.1 Å². The smallest absolute Gasteiger partial charge is 0.290 e. The highest BCUT2D eigenvalue weighted by Gasteiger charge is 2.29. The topological polar surface area (TPSA) is 101 Å². The Balaban J connectivity index is 1.92. The summed E-state index contributed by atoms with van der Waals surface area (Å²) in [5, 5.41) is 17.6. The molecule has 0 aromatic carbocycles. The fourth-order valence-electron chi connectivity index (χ4n) is 2.58. The molecule has 3 heterocycles. The van der Waals surface area contributed by atoms with E-state index in [0.29, 0.717) is 5.56 Å². The van der Waals surface area contributed by atoms with Gasteiger partial charge in [0, 0.05) is 12.1 Å². The summed E-state index contributed by atoms with van der Waals surface area (Å²) >= 11 is 0. The molecule has 1 aliphatic rings. The van der Waals surface area contributed by atoms with E-state index in [1.165, 1.54) is 12.5 Å². The van der Waals surface area contributed by atoms with Crippen LogP contribution in [0.3, 0.4) is 0 Å². The van der Waals surface area contributed by atoms with Crippen LogP contribution in [0.15, 0.2) is 18.6 Å². The molecule has 1 saturated heterocycles. The number of pyridine rings is 1. The van der Waals surface area contributed by atoms with Crippen LogP contribution in [0.5, 0.6) is 0 Å². The molecule has 0 aliphatic carbocycles. The molecule has 0 unspecified atom stereocenters. The van der Waals surface area contributed by atoms with Crippen molar-refractivity contribution in [3.63, 3.8) is 0 Å². The second kappa shape index (κ2) is 4.87. The second-order valence-electron chi connectivity index (χ2n) is 4.81. The van der Waals surface area contributed by atoms with Crippen molar-refractivity contribution in [2.75, 3.05) is 11.4 Å². The molecule has 1 atom stereocenters. The van der Waals surface area contributed by atoms with Crippen molar-refractivity contribution >= 4 is 11.5 Å². The summed E-state index contributed by atoms with van der Waals surface area (Å²) in [4.78, 5) is 21.0. The Labute approximate surface area is 115 Å². The molecule has 104 valence electrons. The van der Waals surface area contributed by atoms with Crippen molar-refractivity contribution in [1.29, 1.82) is 0 Å². The Hall–Kier alpha value is -2.51. The molecule has 0 amide bonds. The molecule has 8 nitrogen and oxygen atoms in total. The summed E-state index contributed by atoms with van der Waals surface area (Å²) in [5.41, 5.74) is 0.660. The van der Waals surface area contributed by atoms with Gasteiger partial charge in [-0.05, 0) is 25.8 Å². The first kappa shape index (κ1) is 12.5. The number of nitrogens with one attached hydrogen (secondary N) is 1. The lowest BCUT2D eigenvalue weighted by molar-refractivity contribution is -0.385. The number of hydrogen-bond acceptors (Lipinski definition) is 6. The van der Waals surface area contributed by atoms with Crippen LogP contribution in [-0.2, 0) is 0 Å². The molecule has 2 aromatic heterocycles. The quantitative estimate of drug-likeness (QED) is 0.676. The monoisotopic (exact) mass is 274 g/mol. The lowest BCUT2D eigenvalue weighted by atomic mass is 10.2. The van der Waals surface area contributed by atoms with Gasteiger partial charge in [0.05, 0.1) is 11.0 Å². The highest BCUT2D eigenvalue weighted by atomic mass is 16.6. The molecular formula is C12H14N6O2. The number of hydrogen-bond donors (Lipinski definition) is 1. The number of aromatic amines is 1. The van der Waals surface area contributed by atoms with Crippen LogP contribution in [0, 0.1) is 17.0 Å². The zero-order chi connectivity index (χ0) is 14.1. The summed E-state index contributed by atoms with van der Waals surface area (Å²) in [5.74, 6) is 1.55. The van der Waals surface area contributed by atoms with Gasteiger partial charge in [0.2, 0.25) is 0 Å². The van der Waals surface area contributed by atoms with Gasteiger partial charge in [-0.2, -0.15) is 5.10 Å². The van der Waals surface area contributed by atoms with Crippen LogP contribution >= 0.6 is 0 Å².